The van der Waals surface area contributed by atoms with Crippen molar-refractivity contribution in [2.45, 2.75) is 37.8 Å². The van der Waals surface area contributed by atoms with Gasteiger partial charge in [0.1, 0.15) is 5.75 Å². The molecular formula is C14H18BrNO2. The van der Waals surface area contributed by atoms with Gasteiger partial charge >= 0.3 is 0 Å². The molecule has 1 aromatic rings. The van der Waals surface area contributed by atoms with Crippen LogP contribution in [0.4, 0.5) is 0 Å². The molecule has 0 atom stereocenters. The van der Waals surface area contributed by atoms with Crippen LogP contribution in [0.15, 0.2) is 16.6 Å². The Hall–Kier alpha value is -0.580. The number of fused-ring (bicyclic) bond motifs is 1. The average Bonchev–Trinajstić information content (AvgIpc) is 2.75. The molecule has 0 spiro atoms. The molecule has 1 aromatic carbocycles. The van der Waals surface area contributed by atoms with Gasteiger partial charge in [0, 0.05) is 28.5 Å². The molecule has 0 radical (unpaired) electrons. The van der Waals surface area contributed by atoms with Crippen molar-refractivity contribution in [3.63, 3.8) is 0 Å². The molecule has 0 saturated heterocycles. The Bertz CT molecular complexity index is 452. The molecule has 0 amide bonds. The van der Waals surface area contributed by atoms with E-state index in [1.165, 1.54) is 17.5 Å². The third-order valence-corrected chi connectivity index (χ3v) is 4.55. The molecule has 1 fully saturated rings. The predicted molar refractivity (Wildman–Crippen MR) is 73.8 cm³/mol. The number of nitrogens with one attached hydrogen (secondary N) is 1. The van der Waals surface area contributed by atoms with E-state index in [-0.39, 0.29) is 12.1 Å². The molecule has 1 aliphatic carbocycles. The molecule has 0 aromatic heterocycles. The summed E-state index contributed by atoms with van der Waals surface area (Å²) in [5.74, 6) is 1.04. The molecule has 1 aliphatic heterocycles. The molecule has 18 heavy (non-hydrogen) atoms. The number of halogens is 1. The van der Waals surface area contributed by atoms with Gasteiger partial charge in [-0.05, 0) is 37.0 Å². The molecule has 0 bridgehead atoms. The van der Waals surface area contributed by atoms with Gasteiger partial charge in [-0.25, -0.2) is 0 Å². The van der Waals surface area contributed by atoms with Gasteiger partial charge in [-0.3, -0.25) is 0 Å². The minimum absolute atomic E-state index is 0.0478. The highest BCUT2D eigenvalue weighted by atomic mass is 79.9. The lowest BCUT2D eigenvalue weighted by molar-refractivity contribution is 0.0869. The molecule has 2 N–H and O–H groups in total. The maximum Gasteiger partial charge on any atom is 0.127 e. The van der Waals surface area contributed by atoms with E-state index in [4.69, 9.17) is 4.74 Å². The summed E-state index contributed by atoms with van der Waals surface area (Å²) in [5.41, 5.74) is 2.43. The zero-order valence-corrected chi connectivity index (χ0v) is 11.9. The molecule has 3 nitrogen and oxygen atoms in total. The summed E-state index contributed by atoms with van der Waals surface area (Å²) in [5, 5.41) is 13.0. The smallest absolute Gasteiger partial charge is 0.127 e. The minimum Gasteiger partial charge on any atom is -0.493 e. The third kappa shape index (κ3) is 2.17. The summed E-state index contributed by atoms with van der Waals surface area (Å²) in [7, 11) is 0. The zero-order valence-electron chi connectivity index (χ0n) is 10.3. The Morgan fingerprint density at radius 1 is 1.39 bits per heavy atom. The summed E-state index contributed by atoms with van der Waals surface area (Å²) >= 11 is 3.55. The Labute approximate surface area is 116 Å². The van der Waals surface area contributed by atoms with Gasteiger partial charge in [0.25, 0.3) is 0 Å². The van der Waals surface area contributed by atoms with Crippen molar-refractivity contribution in [3.05, 3.63) is 27.7 Å². The average molecular weight is 312 g/mol. The van der Waals surface area contributed by atoms with Crippen LogP contribution in [0.5, 0.6) is 5.75 Å². The number of hydrogen-bond donors (Lipinski definition) is 2. The molecule has 1 heterocycles. The SMILES string of the molecule is OCC1(NCc2cc(Br)cc3c2OCC3)CCC1. The molecule has 1 saturated carbocycles. The van der Waals surface area contributed by atoms with Crippen molar-refractivity contribution in [2.24, 2.45) is 0 Å². The van der Waals surface area contributed by atoms with Crippen LogP contribution in [0.3, 0.4) is 0 Å². The first-order valence-corrected chi connectivity index (χ1v) is 7.32. The van der Waals surface area contributed by atoms with Crippen LogP contribution in [-0.4, -0.2) is 23.9 Å². The van der Waals surface area contributed by atoms with E-state index in [0.29, 0.717) is 0 Å². The first kappa shape index (κ1) is 12.5. The van der Waals surface area contributed by atoms with Gasteiger partial charge in [-0.15, -0.1) is 0 Å². The fourth-order valence-corrected chi connectivity index (χ4v) is 3.31. The van der Waals surface area contributed by atoms with Crippen molar-refractivity contribution in [1.82, 2.24) is 5.32 Å². The van der Waals surface area contributed by atoms with Gasteiger partial charge < -0.3 is 15.2 Å². The van der Waals surface area contributed by atoms with Gasteiger partial charge in [-0.2, -0.15) is 0 Å². The van der Waals surface area contributed by atoms with E-state index in [2.05, 4.69) is 33.4 Å². The first-order valence-electron chi connectivity index (χ1n) is 6.52. The lowest BCUT2D eigenvalue weighted by Crippen LogP contribution is -2.53. The Kier molecular flexibility index (Phi) is 3.34. The van der Waals surface area contributed by atoms with E-state index < -0.39 is 0 Å². The second-order valence-corrected chi connectivity index (χ2v) is 6.21. The number of ether oxygens (including phenoxy) is 1. The normalized spacial score (nSPS) is 20.1. The van der Waals surface area contributed by atoms with Gasteiger partial charge in [-0.1, -0.05) is 15.9 Å². The predicted octanol–water partition coefficient (Wildman–Crippen LogP) is 2.39. The number of rotatable bonds is 4. The second-order valence-electron chi connectivity index (χ2n) is 5.30. The van der Waals surface area contributed by atoms with Crippen molar-refractivity contribution < 1.29 is 9.84 Å². The Morgan fingerprint density at radius 3 is 2.89 bits per heavy atom. The van der Waals surface area contributed by atoms with E-state index in [9.17, 15) is 5.11 Å². The summed E-state index contributed by atoms with van der Waals surface area (Å²) in [6, 6.07) is 4.25. The van der Waals surface area contributed by atoms with Gasteiger partial charge in [0.2, 0.25) is 0 Å². The van der Waals surface area contributed by atoms with Crippen molar-refractivity contribution in [3.8, 4) is 5.75 Å². The van der Waals surface area contributed by atoms with Gasteiger partial charge in [0.15, 0.2) is 0 Å². The van der Waals surface area contributed by atoms with E-state index in [0.717, 1.165) is 42.6 Å². The van der Waals surface area contributed by atoms with Crippen LogP contribution in [0.1, 0.15) is 30.4 Å². The van der Waals surface area contributed by atoms with E-state index >= 15 is 0 Å². The summed E-state index contributed by atoms with van der Waals surface area (Å²) in [6.45, 7) is 1.77. The largest absolute Gasteiger partial charge is 0.493 e. The number of hydrogen-bond acceptors (Lipinski definition) is 3. The lowest BCUT2D eigenvalue weighted by atomic mass is 9.77. The second kappa shape index (κ2) is 4.83. The topological polar surface area (TPSA) is 41.5 Å². The highest BCUT2D eigenvalue weighted by Crippen LogP contribution is 2.35. The highest BCUT2D eigenvalue weighted by molar-refractivity contribution is 9.10. The van der Waals surface area contributed by atoms with Crippen LogP contribution >= 0.6 is 15.9 Å². The fourth-order valence-electron chi connectivity index (χ4n) is 2.75. The first-order chi connectivity index (χ1) is 8.72. The highest BCUT2D eigenvalue weighted by Gasteiger charge is 2.35. The van der Waals surface area contributed by atoms with Gasteiger partial charge in [0.05, 0.1) is 13.2 Å². The van der Waals surface area contributed by atoms with E-state index in [1.807, 2.05) is 0 Å². The maximum absolute atomic E-state index is 9.46. The Morgan fingerprint density at radius 2 is 2.22 bits per heavy atom. The number of aliphatic hydroxyl groups excluding tert-OH is 1. The van der Waals surface area contributed by atoms with E-state index in [1.54, 1.807) is 0 Å². The molecule has 2 aliphatic rings. The van der Waals surface area contributed by atoms with Crippen LogP contribution in [-0.2, 0) is 13.0 Å². The molecule has 0 unspecified atom stereocenters. The quantitative estimate of drug-likeness (QED) is 0.897. The van der Waals surface area contributed by atoms with Crippen LogP contribution in [0.2, 0.25) is 0 Å². The Balaban J connectivity index is 1.76. The van der Waals surface area contributed by atoms with Crippen LogP contribution in [0, 0.1) is 0 Å². The van der Waals surface area contributed by atoms with Crippen molar-refractivity contribution >= 4 is 15.9 Å². The third-order valence-electron chi connectivity index (χ3n) is 4.09. The molecule has 4 heteroatoms. The zero-order chi connectivity index (χ0) is 12.6. The lowest BCUT2D eigenvalue weighted by Gasteiger charge is -2.41. The maximum atomic E-state index is 9.46. The monoisotopic (exact) mass is 311 g/mol. The molecule has 3 rings (SSSR count). The summed E-state index contributed by atoms with van der Waals surface area (Å²) < 4.78 is 6.82. The van der Waals surface area contributed by atoms with Crippen molar-refractivity contribution in [2.75, 3.05) is 13.2 Å². The number of benzene rings is 1. The number of aliphatic hydroxyl groups is 1. The van der Waals surface area contributed by atoms with Crippen LogP contribution in [0.25, 0.3) is 0 Å². The van der Waals surface area contributed by atoms with Crippen molar-refractivity contribution in [1.29, 1.82) is 0 Å². The molecular weight excluding hydrogens is 294 g/mol. The minimum atomic E-state index is -0.0478. The summed E-state index contributed by atoms with van der Waals surface area (Å²) in [6.07, 6.45) is 4.34. The fraction of sp³-hybridized carbons (Fsp3) is 0.571. The van der Waals surface area contributed by atoms with Crippen LogP contribution < -0.4 is 10.1 Å². The standard InChI is InChI=1S/C14H18BrNO2/c15-12-6-10-2-5-18-13(10)11(7-12)8-16-14(9-17)3-1-4-14/h6-7,16-17H,1-5,8-9H2. The molecule has 98 valence electrons. The summed E-state index contributed by atoms with van der Waals surface area (Å²) in [4.78, 5) is 0.